The van der Waals surface area contributed by atoms with E-state index in [4.69, 9.17) is 0 Å². The highest BCUT2D eigenvalue weighted by Gasteiger charge is 2.63. The van der Waals surface area contributed by atoms with Crippen LogP contribution >= 0.6 is 11.3 Å². The minimum absolute atomic E-state index is 0.167. The smallest absolute Gasteiger partial charge is 0.254 e. The number of sulfone groups is 1. The zero-order valence-electron chi connectivity index (χ0n) is 17.5. The lowest BCUT2D eigenvalue weighted by Gasteiger charge is -2.23. The first-order valence-electron chi connectivity index (χ1n) is 9.71. The number of nitrogens with zero attached hydrogens (tertiary/aromatic N) is 3. The van der Waals surface area contributed by atoms with E-state index >= 15 is 0 Å². The fourth-order valence-electron chi connectivity index (χ4n) is 3.41. The van der Waals surface area contributed by atoms with Gasteiger partial charge in [0.25, 0.3) is 0 Å². The van der Waals surface area contributed by atoms with Gasteiger partial charge in [0.15, 0.2) is 20.7 Å². The number of aromatic nitrogens is 1. The molecular formula is C21H14F7N3O2S2. The van der Waals surface area contributed by atoms with E-state index in [1.165, 1.54) is 30.5 Å². The topological polar surface area (TPSA) is 62.6 Å². The van der Waals surface area contributed by atoms with Crippen LogP contribution in [0.4, 0.5) is 36.4 Å². The van der Waals surface area contributed by atoms with Gasteiger partial charge in [-0.05, 0) is 36.4 Å². The number of pyridine rings is 1. The number of hydrazone groups is 1. The molecule has 1 aromatic carbocycles. The van der Waals surface area contributed by atoms with E-state index in [0.29, 0.717) is 21.5 Å². The molecule has 14 heteroatoms. The summed E-state index contributed by atoms with van der Waals surface area (Å²) in [5.41, 5.74) is -1.51. The molecule has 0 radical (unpaired) electrons. The minimum atomic E-state index is -5.92. The lowest BCUT2D eigenvalue weighted by atomic mass is 10.0. The predicted molar refractivity (Wildman–Crippen MR) is 115 cm³/mol. The normalized spacial score (nSPS) is 17.1. The summed E-state index contributed by atoms with van der Waals surface area (Å²) in [5, 5.41) is 3.93. The van der Waals surface area contributed by atoms with Crippen LogP contribution in [0.5, 0.6) is 0 Å². The number of anilines is 1. The Morgan fingerprint density at radius 3 is 2.31 bits per heavy atom. The molecule has 0 fully saturated rings. The molecule has 0 spiro atoms. The molecule has 1 atom stereocenters. The van der Waals surface area contributed by atoms with Crippen molar-refractivity contribution in [2.75, 3.05) is 11.3 Å². The second kappa shape index (κ2) is 8.59. The number of halogens is 7. The third-order valence-electron chi connectivity index (χ3n) is 5.14. The predicted octanol–water partition coefficient (Wildman–Crippen LogP) is 6.00. The summed E-state index contributed by atoms with van der Waals surface area (Å²) in [6, 6.07) is 6.69. The molecule has 3 aromatic rings. The van der Waals surface area contributed by atoms with Gasteiger partial charge in [-0.15, -0.1) is 11.3 Å². The first-order chi connectivity index (χ1) is 16.2. The average molecular weight is 537 g/mol. The lowest BCUT2D eigenvalue weighted by molar-refractivity contribution is -0.249. The van der Waals surface area contributed by atoms with Crippen LogP contribution in [0.25, 0.3) is 10.4 Å². The van der Waals surface area contributed by atoms with E-state index in [-0.39, 0.29) is 9.90 Å². The fraction of sp³-hybridized carbons (Fsp3) is 0.238. The van der Waals surface area contributed by atoms with E-state index in [9.17, 15) is 39.2 Å². The van der Waals surface area contributed by atoms with Crippen LogP contribution < -0.4 is 5.01 Å². The molecule has 4 rings (SSSR count). The van der Waals surface area contributed by atoms with Crippen LogP contribution in [-0.2, 0) is 9.84 Å². The molecule has 5 nitrogen and oxygen atoms in total. The van der Waals surface area contributed by atoms with Crippen LogP contribution in [0, 0.1) is 11.6 Å². The van der Waals surface area contributed by atoms with Gasteiger partial charge in [-0.25, -0.2) is 22.2 Å². The number of alkyl halides is 5. The van der Waals surface area contributed by atoms with Crippen molar-refractivity contribution in [3.63, 3.8) is 0 Å². The van der Waals surface area contributed by atoms with E-state index in [0.717, 1.165) is 29.7 Å². The van der Waals surface area contributed by atoms with Gasteiger partial charge >= 0.3 is 12.1 Å². The number of hydrogen-bond acceptors (Lipinski definition) is 6. The summed E-state index contributed by atoms with van der Waals surface area (Å²) < 4.78 is 118. The molecule has 0 saturated carbocycles. The van der Waals surface area contributed by atoms with E-state index in [1.807, 2.05) is 0 Å². The quantitative estimate of drug-likeness (QED) is 0.375. The van der Waals surface area contributed by atoms with Gasteiger partial charge in [-0.2, -0.15) is 27.1 Å². The second-order valence-electron chi connectivity index (χ2n) is 7.64. The SMILES string of the molecule is CS(=O)(=O)c1ccc(-c2ccc(C3CC(C(F)(F)C(F)(F)F)=NN3c3ccc(F)cc3F)s2)cn1. The van der Waals surface area contributed by atoms with Crippen molar-refractivity contribution in [1.82, 2.24) is 4.98 Å². The number of rotatable bonds is 5. The van der Waals surface area contributed by atoms with Gasteiger partial charge in [-0.3, -0.25) is 5.01 Å². The van der Waals surface area contributed by atoms with E-state index < -0.39 is 57.4 Å². The largest absolute Gasteiger partial charge is 0.459 e. The first-order valence-corrected chi connectivity index (χ1v) is 12.4. The van der Waals surface area contributed by atoms with Crippen LogP contribution in [0.15, 0.2) is 58.8 Å². The summed E-state index contributed by atoms with van der Waals surface area (Å²) in [5.74, 6) is -7.41. The maximum atomic E-state index is 14.4. The fourth-order valence-corrected chi connectivity index (χ4v) is 5.05. The molecule has 0 saturated heterocycles. The Kier molecular flexibility index (Phi) is 6.16. The lowest BCUT2D eigenvalue weighted by Crippen LogP contribution is -2.43. The van der Waals surface area contributed by atoms with Crippen molar-refractivity contribution >= 4 is 32.6 Å². The maximum absolute atomic E-state index is 14.4. The standard InChI is InChI=1S/C21H14F7N3O2S2/c1-35(32,33)19-7-2-11(10-29-19)16-5-6-17(34-16)15-9-18(20(24,25)21(26,27)28)30-31(15)14-4-3-12(22)8-13(14)23/h2-8,10,15H,9H2,1H3. The highest BCUT2D eigenvalue weighted by molar-refractivity contribution is 7.90. The highest BCUT2D eigenvalue weighted by Crippen LogP contribution is 2.46. The number of benzene rings is 1. The third-order valence-corrected chi connectivity index (χ3v) is 7.38. The summed E-state index contributed by atoms with van der Waals surface area (Å²) >= 11 is 0.997. The average Bonchev–Trinajstić information content (AvgIpc) is 3.40. The Bertz CT molecular complexity index is 1400. The van der Waals surface area contributed by atoms with E-state index in [2.05, 4.69) is 10.1 Å². The molecular weight excluding hydrogens is 523 g/mol. The molecule has 3 heterocycles. The molecule has 35 heavy (non-hydrogen) atoms. The van der Waals surface area contributed by atoms with Crippen LogP contribution in [0.1, 0.15) is 17.3 Å². The van der Waals surface area contributed by atoms with Crippen molar-refractivity contribution < 1.29 is 39.2 Å². The Morgan fingerprint density at radius 1 is 1.03 bits per heavy atom. The van der Waals surface area contributed by atoms with Crippen molar-refractivity contribution in [1.29, 1.82) is 0 Å². The minimum Gasteiger partial charge on any atom is -0.254 e. The molecule has 0 N–H and O–H groups in total. The van der Waals surface area contributed by atoms with Gasteiger partial charge in [0.1, 0.15) is 11.5 Å². The molecule has 1 unspecified atom stereocenters. The monoisotopic (exact) mass is 537 g/mol. The summed E-state index contributed by atoms with van der Waals surface area (Å²) in [7, 11) is -3.54. The van der Waals surface area contributed by atoms with Crippen LogP contribution in [-0.4, -0.2) is 37.5 Å². The van der Waals surface area contributed by atoms with Gasteiger partial charge in [0.05, 0.1) is 11.7 Å². The Morgan fingerprint density at radius 2 is 1.74 bits per heavy atom. The maximum Gasteiger partial charge on any atom is 0.459 e. The first kappa shape index (κ1) is 25.1. The van der Waals surface area contributed by atoms with Gasteiger partial charge in [-0.1, -0.05) is 0 Å². The zero-order valence-corrected chi connectivity index (χ0v) is 19.2. The zero-order chi connectivity index (χ0) is 25.8. The third kappa shape index (κ3) is 4.76. The summed E-state index contributed by atoms with van der Waals surface area (Å²) in [6.07, 6.45) is -4.52. The van der Waals surface area contributed by atoms with Gasteiger partial charge in [0, 0.05) is 40.3 Å². The van der Waals surface area contributed by atoms with Crippen LogP contribution in [0.2, 0.25) is 0 Å². The Labute approximate surface area is 198 Å². The molecule has 1 aliphatic heterocycles. The van der Waals surface area contributed by atoms with Crippen molar-refractivity contribution in [2.45, 2.75) is 29.6 Å². The van der Waals surface area contributed by atoms with E-state index in [1.54, 1.807) is 0 Å². The second-order valence-corrected chi connectivity index (χ2v) is 10.7. The van der Waals surface area contributed by atoms with Gasteiger partial charge in [0.2, 0.25) is 0 Å². The van der Waals surface area contributed by atoms with Crippen molar-refractivity contribution in [3.8, 4) is 10.4 Å². The number of thiophene rings is 1. The van der Waals surface area contributed by atoms with Crippen LogP contribution in [0.3, 0.4) is 0 Å². The Balaban J connectivity index is 1.73. The highest BCUT2D eigenvalue weighted by atomic mass is 32.2. The molecule has 186 valence electrons. The summed E-state index contributed by atoms with van der Waals surface area (Å²) in [4.78, 5) is 4.64. The Hall–Kier alpha value is -3.00. The molecule has 1 aliphatic rings. The summed E-state index contributed by atoms with van der Waals surface area (Å²) in [6.45, 7) is 0. The van der Waals surface area contributed by atoms with Gasteiger partial charge < -0.3 is 0 Å². The van der Waals surface area contributed by atoms with Crippen molar-refractivity contribution in [2.24, 2.45) is 5.10 Å². The molecule has 0 aliphatic carbocycles. The number of hydrogen-bond donors (Lipinski definition) is 0. The molecule has 0 bridgehead atoms. The molecule has 2 aromatic heterocycles. The molecule has 0 amide bonds. The van der Waals surface area contributed by atoms with Crippen molar-refractivity contribution in [3.05, 3.63) is 65.2 Å².